The van der Waals surface area contributed by atoms with Gasteiger partial charge in [-0.1, -0.05) is 56.7 Å². The average Bonchev–Trinajstić information content (AvgIpc) is 3.05. The largest absolute Gasteiger partial charge is 0.353 e. The second-order valence-corrected chi connectivity index (χ2v) is 8.60. The van der Waals surface area contributed by atoms with Crippen LogP contribution in [0.2, 0.25) is 0 Å². The molecule has 0 radical (unpaired) electrons. The van der Waals surface area contributed by atoms with Crippen molar-refractivity contribution < 1.29 is 0 Å². The number of aromatic nitrogens is 3. The first-order valence-electron chi connectivity index (χ1n) is 9.84. The van der Waals surface area contributed by atoms with Crippen LogP contribution in [-0.4, -0.2) is 14.6 Å². The van der Waals surface area contributed by atoms with Gasteiger partial charge in [0.1, 0.15) is 0 Å². The van der Waals surface area contributed by atoms with E-state index in [2.05, 4.69) is 54.4 Å². The zero-order chi connectivity index (χ0) is 19.0. The van der Waals surface area contributed by atoms with Gasteiger partial charge in [0.05, 0.1) is 6.04 Å². The Bertz CT molecular complexity index is 1020. The highest BCUT2D eigenvalue weighted by Gasteiger charge is 2.22. The van der Waals surface area contributed by atoms with Gasteiger partial charge < -0.3 is 5.32 Å². The zero-order valence-corrected chi connectivity index (χ0v) is 17.0. The van der Waals surface area contributed by atoms with Crippen molar-refractivity contribution in [3.05, 3.63) is 57.0 Å². The normalized spacial score (nSPS) is 16.7. The van der Waals surface area contributed by atoms with E-state index in [9.17, 15) is 4.79 Å². The van der Waals surface area contributed by atoms with Gasteiger partial charge in [0, 0.05) is 11.8 Å². The van der Waals surface area contributed by atoms with E-state index in [4.69, 9.17) is 0 Å². The van der Waals surface area contributed by atoms with Crippen molar-refractivity contribution in [2.45, 2.75) is 64.8 Å². The first kappa shape index (κ1) is 18.2. The molecule has 1 N–H and O–H groups in total. The van der Waals surface area contributed by atoms with Crippen LogP contribution >= 0.6 is 11.3 Å². The van der Waals surface area contributed by atoms with Crippen molar-refractivity contribution in [3.8, 4) is 0 Å². The van der Waals surface area contributed by atoms with Crippen molar-refractivity contribution in [1.82, 2.24) is 14.6 Å². The van der Waals surface area contributed by atoms with Crippen LogP contribution in [0.25, 0.3) is 4.96 Å². The molecule has 1 aliphatic carbocycles. The molecule has 142 valence electrons. The fourth-order valence-corrected chi connectivity index (χ4v) is 4.65. The second-order valence-electron chi connectivity index (χ2n) is 7.64. The van der Waals surface area contributed by atoms with E-state index in [-0.39, 0.29) is 11.6 Å². The number of anilines is 1. The van der Waals surface area contributed by atoms with Crippen LogP contribution in [0.15, 0.2) is 29.1 Å². The van der Waals surface area contributed by atoms with Crippen molar-refractivity contribution in [2.24, 2.45) is 0 Å². The summed E-state index contributed by atoms with van der Waals surface area (Å²) in [5, 5.41) is 8.83. The number of nitrogens with zero attached hydrogens (tertiary/aromatic N) is 3. The van der Waals surface area contributed by atoms with Crippen LogP contribution in [0.3, 0.4) is 0 Å². The maximum atomic E-state index is 12.3. The Labute approximate surface area is 163 Å². The maximum absolute atomic E-state index is 12.3. The van der Waals surface area contributed by atoms with Crippen molar-refractivity contribution in [2.75, 3.05) is 5.32 Å². The number of hydrogen-bond donors (Lipinski definition) is 1. The van der Waals surface area contributed by atoms with Gasteiger partial charge in [-0.3, -0.25) is 4.79 Å². The summed E-state index contributed by atoms with van der Waals surface area (Å²) in [6, 6.07) is 8.71. The van der Waals surface area contributed by atoms with E-state index >= 15 is 0 Å². The molecule has 4 rings (SSSR count). The number of rotatable bonds is 5. The minimum atomic E-state index is -0.0983. The van der Waals surface area contributed by atoms with E-state index in [1.165, 1.54) is 32.5 Å². The molecular formula is C21H26N4OS. The van der Waals surface area contributed by atoms with Crippen LogP contribution in [0.5, 0.6) is 0 Å². The quantitative estimate of drug-likeness (QED) is 0.694. The summed E-state index contributed by atoms with van der Waals surface area (Å²) in [5.41, 5.74) is 4.92. The summed E-state index contributed by atoms with van der Waals surface area (Å²) in [6.07, 6.45) is 5.17. The van der Waals surface area contributed by atoms with Gasteiger partial charge in [-0.25, -0.2) is 4.98 Å². The summed E-state index contributed by atoms with van der Waals surface area (Å²) in [4.78, 5) is 17.6. The molecule has 1 aromatic carbocycles. The molecule has 0 spiro atoms. The molecule has 1 aliphatic rings. The zero-order valence-electron chi connectivity index (χ0n) is 16.2. The van der Waals surface area contributed by atoms with Crippen molar-refractivity contribution >= 4 is 21.4 Å². The summed E-state index contributed by atoms with van der Waals surface area (Å²) in [5.74, 6) is 0.514. The molecule has 27 heavy (non-hydrogen) atoms. The van der Waals surface area contributed by atoms with Crippen LogP contribution in [-0.2, 0) is 12.8 Å². The Kier molecular flexibility index (Phi) is 5.00. The molecule has 0 unspecified atom stereocenters. The summed E-state index contributed by atoms with van der Waals surface area (Å²) >= 11 is 1.46. The molecule has 0 aliphatic heterocycles. The fourth-order valence-electron chi connectivity index (χ4n) is 3.77. The Hall–Kier alpha value is -2.21. The summed E-state index contributed by atoms with van der Waals surface area (Å²) < 4.78 is 1.42. The molecule has 5 nitrogen and oxygen atoms in total. The third kappa shape index (κ3) is 3.63. The summed E-state index contributed by atoms with van der Waals surface area (Å²) in [7, 11) is 0. The van der Waals surface area contributed by atoms with Gasteiger partial charge in [0.15, 0.2) is 0 Å². The number of nitrogens with one attached hydrogen (secondary N) is 1. The number of fused-ring (bicyclic) bond motifs is 2. The lowest BCUT2D eigenvalue weighted by Crippen LogP contribution is -2.19. The van der Waals surface area contributed by atoms with E-state index in [0.717, 1.165) is 42.9 Å². The second kappa shape index (κ2) is 7.43. The Morgan fingerprint density at radius 2 is 2.19 bits per heavy atom. The summed E-state index contributed by atoms with van der Waals surface area (Å²) in [6.45, 7) is 6.55. The lowest BCUT2D eigenvalue weighted by molar-refractivity contribution is 0.597. The SMILES string of the molecule is CCCc1cc(=O)n2nc(N[C@@H]3CCCc4ccc(C(C)C)cc43)sc2n1. The smallest absolute Gasteiger partial charge is 0.275 e. The van der Waals surface area contributed by atoms with Crippen LogP contribution < -0.4 is 10.9 Å². The predicted octanol–water partition coefficient (Wildman–Crippen LogP) is 4.72. The predicted molar refractivity (Wildman–Crippen MR) is 111 cm³/mol. The van der Waals surface area contributed by atoms with E-state index in [0.29, 0.717) is 10.9 Å². The third-order valence-electron chi connectivity index (χ3n) is 5.25. The van der Waals surface area contributed by atoms with Crippen molar-refractivity contribution in [1.29, 1.82) is 0 Å². The standard InChI is InChI=1S/C21H26N4OS/c1-4-6-16-12-19(26)25-21(22-16)27-20(24-25)23-18-8-5-7-14-9-10-15(13(2)3)11-17(14)18/h9-13,18H,4-8H2,1-3H3,(H,23,24)/t18-/m1/s1. The molecule has 0 fully saturated rings. The first-order chi connectivity index (χ1) is 13.0. The first-order valence-corrected chi connectivity index (χ1v) is 10.7. The Balaban J connectivity index is 1.66. The molecule has 1 atom stereocenters. The fraction of sp³-hybridized carbons (Fsp3) is 0.476. The number of benzene rings is 1. The molecule has 3 aromatic rings. The van der Waals surface area contributed by atoms with Gasteiger partial charge in [-0.15, -0.1) is 5.10 Å². The molecule has 0 saturated carbocycles. The van der Waals surface area contributed by atoms with E-state index in [1.807, 2.05) is 0 Å². The monoisotopic (exact) mass is 382 g/mol. The van der Waals surface area contributed by atoms with Gasteiger partial charge >= 0.3 is 0 Å². The average molecular weight is 383 g/mol. The van der Waals surface area contributed by atoms with E-state index < -0.39 is 0 Å². The highest BCUT2D eigenvalue weighted by Crippen LogP contribution is 2.35. The highest BCUT2D eigenvalue weighted by molar-refractivity contribution is 7.20. The Morgan fingerprint density at radius 3 is 2.96 bits per heavy atom. The molecule has 2 heterocycles. The van der Waals surface area contributed by atoms with Crippen LogP contribution in [0.1, 0.15) is 74.4 Å². The number of aryl methyl sites for hydroxylation is 2. The Morgan fingerprint density at radius 1 is 1.33 bits per heavy atom. The topological polar surface area (TPSA) is 59.3 Å². The minimum absolute atomic E-state index is 0.0983. The van der Waals surface area contributed by atoms with Gasteiger partial charge in [0.25, 0.3) is 5.56 Å². The lowest BCUT2D eigenvalue weighted by atomic mass is 9.85. The van der Waals surface area contributed by atoms with Gasteiger partial charge in [-0.2, -0.15) is 4.52 Å². The maximum Gasteiger partial charge on any atom is 0.275 e. The minimum Gasteiger partial charge on any atom is -0.353 e. The molecule has 0 amide bonds. The molecule has 0 bridgehead atoms. The van der Waals surface area contributed by atoms with Crippen LogP contribution in [0.4, 0.5) is 5.13 Å². The highest BCUT2D eigenvalue weighted by atomic mass is 32.1. The van der Waals surface area contributed by atoms with Gasteiger partial charge in [-0.05, 0) is 48.3 Å². The van der Waals surface area contributed by atoms with Crippen molar-refractivity contribution in [3.63, 3.8) is 0 Å². The molecule has 2 aromatic heterocycles. The lowest BCUT2D eigenvalue weighted by Gasteiger charge is -2.27. The molecular weight excluding hydrogens is 356 g/mol. The molecule has 6 heteroatoms. The molecule has 0 saturated heterocycles. The third-order valence-corrected chi connectivity index (χ3v) is 6.09. The van der Waals surface area contributed by atoms with Crippen LogP contribution in [0, 0.1) is 0 Å². The van der Waals surface area contributed by atoms with E-state index in [1.54, 1.807) is 6.07 Å². The van der Waals surface area contributed by atoms with Gasteiger partial charge in [0.2, 0.25) is 10.1 Å². The number of hydrogen-bond acceptors (Lipinski definition) is 5.